The average Bonchev–Trinajstić information content (AvgIpc) is 2.81. The summed E-state index contributed by atoms with van der Waals surface area (Å²) in [5.41, 5.74) is 0.955. The summed E-state index contributed by atoms with van der Waals surface area (Å²) in [5, 5.41) is 5.26. The lowest BCUT2D eigenvalue weighted by molar-refractivity contribution is 0.595. The Morgan fingerprint density at radius 2 is 2.14 bits per heavy atom. The van der Waals surface area contributed by atoms with Gasteiger partial charge in [0.15, 0.2) is 0 Å². The van der Waals surface area contributed by atoms with Gasteiger partial charge in [0.05, 0.1) is 5.25 Å². The van der Waals surface area contributed by atoms with Crippen molar-refractivity contribution in [3.05, 3.63) is 34.9 Å². The molecule has 76 valence electrons. The number of nitrogens with two attached hydrogens (primary N) is 1. The molecule has 0 unspecified atom stereocenters. The van der Waals surface area contributed by atoms with Crippen LogP contribution in [0.5, 0.6) is 0 Å². The van der Waals surface area contributed by atoms with E-state index in [1.54, 1.807) is 12.1 Å². The lowest BCUT2D eigenvalue weighted by Crippen LogP contribution is -2.18. The van der Waals surface area contributed by atoms with Gasteiger partial charge in [0.2, 0.25) is 10.0 Å². The van der Waals surface area contributed by atoms with Gasteiger partial charge in [-0.15, -0.1) is 0 Å². The van der Waals surface area contributed by atoms with E-state index in [2.05, 4.69) is 0 Å². The van der Waals surface area contributed by atoms with E-state index in [1.807, 2.05) is 12.1 Å². The van der Waals surface area contributed by atoms with Gasteiger partial charge in [-0.25, -0.2) is 13.6 Å². The van der Waals surface area contributed by atoms with Gasteiger partial charge in [-0.1, -0.05) is 23.7 Å². The molecule has 0 bridgehead atoms. The Kier molecular flexibility index (Phi) is 2.29. The van der Waals surface area contributed by atoms with Crippen LogP contribution < -0.4 is 5.14 Å². The molecule has 2 atom stereocenters. The Morgan fingerprint density at radius 1 is 1.43 bits per heavy atom. The Morgan fingerprint density at radius 3 is 2.64 bits per heavy atom. The normalized spacial score (nSPS) is 26.1. The molecule has 14 heavy (non-hydrogen) atoms. The zero-order chi connectivity index (χ0) is 10.3. The number of benzene rings is 1. The van der Waals surface area contributed by atoms with Crippen LogP contribution in [0.4, 0.5) is 0 Å². The van der Waals surface area contributed by atoms with E-state index in [0.717, 1.165) is 5.56 Å². The molecule has 1 saturated carbocycles. The maximum Gasteiger partial charge on any atom is 0.212 e. The van der Waals surface area contributed by atoms with Crippen LogP contribution in [-0.2, 0) is 10.0 Å². The third-order valence-electron chi connectivity index (χ3n) is 2.43. The number of halogens is 1. The molecule has 1 fully saturated rings. The van der Waals surface area contributed by atoms with E-state index in [4.69, 9.17) is 16.7 Å². The van der Waals surface area contributed by atoms with Crippen LogP contribution >= 0.6 is 11.6 Å². The summed E-state index contributed by atoms with van der Waals surface area (Å²) in [6.45, 7) is 0. The van der Waals surface area contributed by atoms with Crippen LogP contribution in [0.2, 0.25) is 5.02 Å². The third kappa shape index (κ3) is 1.92. The average molecular weight is 232 g/mol. The van der Waals surface area contributed by atoms with Gasteiger partial charge in [-0.3, -0.25) is 0 Å². The Balaban J connectivity index is 2.22. The molecule has 2 rings (SSSR count). The molecule has 0 amide bonds. The molecular formula is C9H10ClNO2S. The lowest BCUT2D eigenvalue weighted by atomic mass is 10.1. The van der Waals surface area contributed by atoms with Crippen molar-refractivity contribution >= 4 is 21.6 Å². The molecule has 0 radical (unpaired) electrons. The summed E-state index contributed by atoms with van der Waals surface area (Å²) >= 11 is 5.80. The molecule has 0 spiro atoms. The Bertz CT molecular complexity index is 458. The minimum Gasteiger partial charge on any atom is -0.228 e. The number of sulfonamides is 1. The molecule has 1 aromatic carbocycles. The maximum atomic E-state index is 11.0. The standard InChI is InChI=1S/C9H10ClNO2S/c10-7-3-1-2-6(4-7)8-5-9(8)14(11,12)13/h1-4,8-9H,5H2,(H2,11,12,13)/t8-,9+/m1/s1. The SMILES string of the molecule is NS(=O)(=O)[C@H]1C[C@@H]1c1cccc(Cl)c1. The number of hydrogen-bond acceptors (Lipinski definition) is 2. The number of primary sulfonamides is 1. The topological polar surface area (TPSA) is 60.2 Å². The van der Waals surface area contributed by atoms with Gasteiger partial charge in [-0.05, 0) is 24.1 Å². The van der Waals surface area contributed by atoms with Crippen LogP contribution in [-0.4, -0.2) is 13.7 Å². The van der Waals surface area contributed by atoms with Crippen molar-refractivity contribution in [1.82, 2.24) is 0 Å². The Hall–Kier alpha value is -0.580. The largest absolute Gasteiger partial charge is 0.228 e. The van der Waals surface area contributed by atoms with Crippen molar-refractivity contribution in [2.75, 3.05) is 0 Å². The van der Waals surface area contributed by atoms with E-state index >= 15 is 0 Å². The van der Waals surface area contributed by atoms with E-state index in [0.29, 0.717) is 11.4 Å². The van der Waals surface area contributed by atoms with Gasteiger partial charge in [0.25, 0.3) is 0 Å². The summed E-state index contributed by atoms with van der Waals surface area (Å²) in [7, 11) is -3.38. The van der Waals surface area contributed by atoms with Gasteiger partial charge < -0.3 is 0 Å². The van der Waals surface area contributed by atoms with Crippen molar-refractivity contribution in [1.29, 1.82) is 0 Å². The first kappa shape index (κ1) is 9.96. The molecular weight excluding hydrogens is 222 g/mol. The highest BCUT2D eigenvalue weighted by Crippen LogP contribution is 2.45. The highest BCUT2D eigenvalue weighted by atomic mass is 35.5. The highest BCUT2D eigenvalue weighted by Gasteiger charge is 2.46. The molecule has 0 aromatic heterocycles. The summed E-state index contributed by atoms with van der Waals surface area (Å²) in [5.74, 6) is 0.0312. The first-order chi connectivity index (χ1) is 6.48. The predicted octanol–water partition coefficient (Wildman–Crippen LogP) is 1.48. The van der Waals surface area contributed by atoms with E-state index < -0.39 is 15.3 Å². The quantitative estimate of drug-likeness (QED) is 0.838. The third-order valence-corrected chi connectivity index (χ3v) is 4.03. The van der Waals surface area contributed by atoms with Gasteiger partial charge >= 0.3 is 0 Å². The molecule has 5 heteroatoms. The Labute approximate surface area is 87.9 Å². The summed E-state index contributed by atoms with van der Waals surface area (Å²) in [6, 6.07) is 7.24. The molecule has 0 aliphatic heterocycles. The van der Waals surface area contributed by atoms with Crippen LogP contribution in [0, 0.1) is 0 Å². The van der Waals surface area contributed by atoms with Crippen molar-refractivity contribution in [3.8, 4) is 0 Å². The van der Waals surface area contributed by atoms with E-state index in [-0.39, 0.29) is 5.92 Å². The van der Waals surface area contributed by atoms with Crippen molar-refractivity contribution in [3.63, 3.8) is 0 Å². The first-order valence-corrected chi connectivity index (χ1v) is 6.24. The maximum absolute atomic E-state index is 11.0. The summed E-state index contributed by atoms with van der Waals surface area (Å²) in [6.07, 6.45) is 0.610. The highest BCUT2D eigenvalue weighted by molar-refractivity contribution is 7.90. The predicted molar refractivity (Wildman–Crippen MR) is 55.7 cm³/mol. The van der Waals surface area contributed by atoms with Gasteiger partial charge in [0, 0.05) is 10.9 Å². The van der Waals surface area contributed by atoms with E-state index in [9.17, 15) is 8.42 Å². The van der Waals surface area contributed by atoms with Crippen molar-refractivity contribution in [2.24, 2.45) is 5.14 Å². The van der Waals surface area contributed by atoms with Crippen molar-refractivity contribution < 1.29 is 8.42 Å². The van der Waals surface area contributed by atoms with Crippen molar-refractivity contribution in [2.45, 2.75) is 17.6 Å². The van der Waals surface area contributed by atoms with E-state index in [1.165, 1.54) is 0 Å². The first-order valence-electron chi connectivity index (χ1n) is 4.25. The fourth-order valence-corrected chi connectivity index (χ4v) is 2.91. The lowest BCUT2D eigenvalue weighted by Gasteiger charge is -1.99. The smallest absolute Gasteiger partial charge is 0.212 e. The van der Waals surface area contributed by atoms with Crippen LogP contribution in [0.1, 0.15) is 17.9 Å². The molecule has 1 aliphatic rings. The van der Waals surface area contributed by atoms with Crippen LogP contribution in [0.15, 0.2) is 24.3 Å². The second-order valence-corrected chi connectivity index (χ2v) is 5.74. The minimum atomic E-state index is -3.38. The zero-order valence-corrected chi connectivity index (χ0v) is 8.92. The van der Waals surface area contributed by atoms with Gasteiger partial charge in [-0.2, -0.15) is 0 Å². The second-order valence-electron chi connectivity index (χ2n) is 3.52. The molecule has 1 aromatic rings. The minimum absolute atomic E-state index is 0.0312. The van der Waals surface area contributed by atoms with Crippen LogP contribution in [0.25, 0.3) is 0 Å². The molecule has 0 heterocycles. The fourth-order valence-electron chi connectivity index (χ4n) is 1.62. The fraction of sp³-hybridized carbons (Fsp3) is 0.333. The summed E-state index contributed by atoms with van der Waals surface area (Å²) in [4.78, 5) is 0. The molecule has 2 N–H and O–H groups in total. The second kappa shape index (κ2) is 3.22. The zero-order valence-electron chi connectivity index (χ0n) is 7.35. The summed E-state index contributed by atoms with van der Waals surface area (Å²) < 4.78 is 22.0. The molecule has 0 saturated heterocycles. The van der Waals surface area contributed by atoms with Crippen LogP contribution in [0.3, 0.4) is 0 Å². The molecule has 1 aliphatic carbocycles. The monoisotopic (exact) mass is 231 g/mol. The van der Waals surface area contributed by atoms with Gasteiger partial charge in [0.1, 0.15) is 0 Å². The molecule has 3 nitrogen and oxygen atoms in total. The number of hydrogen-bond donors (Lipinski definition) is 1. The number of rotatable bonds is 2.